The maximum atomic E-state index is 9.86. The van der Waals surface area contributed by atoms with Crippen molar-refractivity contribution >= 4 is 10.8 Å². The summed E-state index contributed by atoms with van der Waals surface area (Å²) in [6.45, 7) is 2.12. The first-order valence-corrected chi connectivity index (χ1v) is 6.84. The van der Waals surface area contributed by atoms with Gasteiger partial charge >= 0.3 is 31.5 Å². The van der Waals surface area contributed by atoms with Gasteiger partial charge in [0.25, 0.3) is 0 Å². The van der Waals surface area contributed by atoms with Crippen molar-refractivity contribution in [3.63, 3.8) is 0 Å². The Bertz CT molecular complexity index is 359. The number of fused-ring (bicyclic) bond motifs is 1. The van der Waals surface area contributed by atoms with E-state index in [9.17, 15) is 7.88 Å². The monoisotopic (exact) mass is 276 g/mol. The minimum atomic E-state index is -5.04. The first kappa shape index (κ1) is 11.6. The number of benzene rings is 1. The number of hydrogen-bond donors (Lipinski definition) is 0. The van der Waals surface area contributed by atoms with Crippen LogP contribution in [0.3, 0.4) is 0 Å². The Labute approximate surface area is 91.0 Å². The van der Waals surface area contributed by atoms with Gasteiger partial charge in [0.2, 0.25) is 0 Å². The summed E-state index contributed by atoms with van der Waals surface area (Å²) < 4.78 is 29.6. The zero-order valence-electron chi connectivity index (χ0n) is 7.60. The molecule has 0 atom stereocenters. The van der Waals surface area contributed by atoms with E-state index < -0.39 is 23.6 Å². The van der Waals surface area contributed by atoms with Crippen LogP contribution in [0.4, 0.5) is 7.88 Å². The maximum absolute atomic E-state index is 9.86. The molecule has 4 heteroatoms. The normalized spacial score (nSPS) is 9.43. The van der Waals surface area contributed by atoms with Crippen LogP contribution in [0.5, 0.6) is 0 Å². The van der Waals surface area contributed by atoms with Gasteiger partial charge in [-0.15, -0.1) is 40.6 Å². The molecule has 75 valence electrons. The molecule has 0 N–H and O–H groups in total. The molecule has 0 heterocycles. The van der Waals surface area contributed by atoms with E-state index in [1.54, 1.807) is 0 Å². The average Bonchev–Trinajstić information content (AvgIpc) is 2.42. The predicted octanol–water partition coefficient (Wildman–Crippen LogP) is 4.13. The van der Waals surface area contributed by atoms with Gasteiger partial charge in [0.15, 0.2) is 0 Å². The van der Waals surface area contributed by atoms with Crippen LogP contribution in [0.25, 0.3) is 10.8 Å². The topological polar surface area (TPSA) is 0 Å². The Morgan fingerprint density at radius 1 is 1.14 bits per heavy atom. The molecule has 14 heavy (non-hydrogen) atoms. The van der Waals surface area contributed by atoms with E-state index in [0.29, 0.717) is 0 Å². The fourth-order valence-corrected chi connectivity index (χ4v) is 1.31. The molecule has 0 aliphatic carbocycles. The van der Waals surface area contributed by atoms with Crippen LogP contribution in [0.15, 0.2) is 36.4 Å². The molecule has 2 rings (SSSR count). The van der Waals surface area contributed by atoms with E-state index in [0.717, 1.165) is 0 Å². The number of aryl methyl sites for hydroxylation is 1. The van der Waals surface area contributed by atoms with Crippen molar-refractivity contribution < 1.29 is 31.5 Å². The zero-order valence-corrected chi connectivity index (χ0v) is 10.1. The molecule has 0 saturated carbocycles. The van der Waals surface area contributed by atoms with Gasteiger partial charge in [-0.25, -0.2) is 0 Å². The summed E-state index contributed by atoms with van der Waals surface area (Å²) in [7, 11) is 0. The molecule has 0 nitrogen and oxygen atoms in total. The molecule has 0 radical (unpaired) electrons. The Morgan fingerprint density at radius 2 is 1.71 bits per heavy atom. The molecule has 0 unspecified atom stereocenters. The van der Waals surface area contributed by atoms with Crippen LogP contribution in [0, 0.1) is 6.92 Å². The molecule has 0 aliphatic rings. The van der Waals surface area contributed by atoms with Crippen molar-refractivity contribution in [2.24, 2.45) is 0 Å². The van der Waals surface area contributed by atoms with Crippen molar-refractivity contribution in [2.75, 3.05) is 0 Å². The summed E-state index contributed by atoms with van der Waals surface area (Å²) in [5, 5.41) is 2.69. The molecule has 0 aromatic heterocycles. The third kappa shape index (κ3) is 3.71. The van der Waals surface area contributed by atoms with Gasteiger partial charge in [-0.05, 0) is 0 Å². The van der Waals surface area contributed by atoms with Crippen LogP contribution in [-0.2, 0) is 23.6 Å². The summed E-state index contributed by atoms with van der Waals surface area (Å²) in [6.07, 6.45) is 0. The van der Waals surface area contributed by atoms with Gasteiger partial charge in [0.1, 0.15) is 0 Å². The predicted molar refractivity (Wildman–Crippen MR) is 47.6 cm³/mol. The quantitative estimate of drug-likeness (QED) is 0.635. The van der Waals surface area contributed by atoms with E-state index in [2.05, 4.69) is 43.3 Å². The first-order chi connectivity index (χ1) is 6.59. The standard InChI is InChI=1S/C10H9.3FH.Zr/c1-8-6-9-4-2-3-5-10(9)7-8;;;;/h2-7H,1H3;3*1H;/q-1;;;;+3/p-3. The molecule has 0 saturated heterocycles. The summed E-state index contributed by atoms with van der Waals surface area (Å²) >= 11 is -5.04. The van der Waals surface area contributed by atoms with Gasteiger partial charge in [0, 0.05) is 0 Å². The second-order valence-electron chi connectivity index (χ2n) is 2.88. The van der Waals surface area contributed by atoms with Crippen LogP contribution in [0.1, 0.15) is 5.56 Å². The average molecular weight is 277 g/mol. The van der Waals surface area contributed by atoms with Crippen molar-refractivity contribution in [3.8, 4) is 0 Å². The molecular weight excluding hydrogens is 268 g/mol. The third-order valence-electron chi connectivity index (χ3n) is 1.76. The second-order valence-corrected chi connectivity index (χ2v) is 3.93. The molecule has 0 aliphatic heterocycles. The van der Waals surface area contributed by atoms with Gasteiger partial charge in [-0.1, -0.05) is 13.0 Å². The Balaban J connectivity index is 0.000000213. The Kier molecular flexibility index (Phi) is 4.47. The number of rotatable bonds is 0. The summed E-state index contributed by atoms with van der Waals surface area (Å²) in [4.78, 5) is 0. The van der Waals surface area contributed by atoms with E-state index >= 15 is 0 Å². The summed E-state index contributed by atoms with van der Waals surface area (Å²) in [5.74, 6) is 0. The van der Waals surface area contributed by atoms with Crippen molar-refractivity contribution in [2.45, 2.75) is 6.92 Å². The van der Waals surface area contributed by atoms with Crippen LogP contribution >= 0.6 is 0 Å². The van der Waals surface area contributed by atoms with Gasteiger partial charge in [-0.2, -0.15) is 6.07 Å². The Morgan fingerprint density at radius 3 is 2.29 bits per heavy atom. The minimum absolute atomic E-state index is 1.35. The molecule has 0 amide bonds. The molecular formula is C10H9F3Zr-. The van der Waals surface area contributed by atoms with E-state index in [1.165, 1.54) is 16.3 Å². The fourth-order valence-electron chi connectivity index (χ4n) is 1.31. The summed E-state index contributed by atoms with van der Waals surface area (Å²) in [6, 6.07) is 12.8. The van der Waals surface area contributed by atoms with Gasteiger partial charge in [0.05, 0.1) is 0 Å². The molecule has 0 bridgehead atoms. The Hall–Kier alpha value is -0.497. The van der Waals surface area contributed by atoms with Crippen molar-refractivity contribution in [1.82, 2.24) is 0 Å². The van der Waals surface area contributed by atoms with E-state index in [1.807, 2.05) is 0 Å². The van der Waals surface area contributed by atoms with Gasteiger partial charge < -0.3 is 0 Å². The summed E-state index contributed by atoms with van der Waals surface area (Å²) in [5.41, 5.74) is 1.35. The second kappa shape index (κ2) is 5.40. The molecule has 0 spiro atoms. The van der Waals surface area contributed by atoms with Gasteiger partial charge in [-0.3, -0.25) is 0 Å². The van der Waals surface area contributed by atoms with E-state index in [-0.39, 0.29) is 0 Å². The molecule has 2 aromatic rings. The fraction of sp³-hybridized carbons (Fsp3) is 0.100. The van der Waals surface area contributed by atoms with Crippen molar-refractivity contribution in [1.29, 1.82) is 0 Å². The first-order valence-electron chi connectivity index (χ1n) is 4.05. The van der Waals surface area contributed by atoms with Crippen LogP contribution < -0.4 is 0 Å². The third-order valence-corrected chi connectivity index (χ3v) is 1.76. The van der Waals surface area contributed by atoms with Crippen LogP contribution in [-0.4, -0.2) is 0 Å². The van der Waals surface area contributed by atoms with Crippen molar-refractivity contribution in [3.05, 3.63) is 42.0 Å². The number of hydrogen-bond acceptors (Lipinski definition) is 0. The number of halogens is 3. The van der Waals surface area contributed by atoms with Crippen LogP contribution in [0.2, 0.25) is 0 Å². The molecule has 2 aromatic carbocycles. The molecule has 0 fully saturated rings. The SMILES string of the molecule is Cc1cc2ccccc2[cH-]1.[F][Zr]([F])[F]. The zero-order chi connectivity index (χ0) is 10.6. The van der Waals surface area contributed by atoms with E-state index in [4.69, 9.17) is 0 Å².